The van der Waals surface area contributed by atoms with Gasteiger partial charge in [-0.05, 0) is 45.7 Å². The van der Waals surface area contributed by atoms with E-state index in [1.807, 2.05) is 0 Å². The third-order valence-corrected chi connectivity index (χ3v) is 4.63. The summed E-state index contributed by atoms with van der Waals surface area (Å²) in [6.45, 7) is 10.1. The van der Waals surface area contributed by atoms with E-state index in [2.05, 4.69) is 45.0 Å². The van der Waals surface area contributed by atoms with Crippen molar-refractivity contribution in [2.45, 2.75) is 77.4 Å². The van der Waals surface area contributed by atoms with E-state index in [9.17, 15) is 5.11 Å². The zero-order valence-corrected chi connectivity index (χ0v) is 13.6. The fourth-order valence-corrected chi connectivity index (χ4v) is 3.43. The van der Waals surface area contributed by atoms with Gasteiger partial charge < -0.3 is 15.3 Å². The zero-order chi connectivity index (χ0) is 14.5. The van der Waals surface area contributed by atoms with Crippen LogP contribution in [0.25, 0.3) is 0 Å². The highest BCUT2D eigenvalue weighted by Crippen LogP contribution is 2.27. The second kappa shape index (κ2) is 7.61. The Morgan fingerprint density at radius 2 is 1.95 bits per heavy atom. The van der Waals surface area contributed by atoms with Crippen molar-refractivity contribution in [2.75, 3.05) is 20.2 Å². The molecule has 0 amide bonds. The van der Waals surface area contributed by atoms with E-state index >= 15 is 0 Å². The Morgan fingerprint density at radius 3 is 2.47 bits per heavy atom. The number of nitrogens with one attached hydrogen (secondary N) is 1. The lowest BCUT2D eigenvalue weighted by molar-refractivity contribution is 0.104. The summed E-state index contributed by atoms with van der Waals surface area (Å²) < 4.78 is 0. The first-order valence-electron chi connectivity index (χ1n) is 7.97. The number of hydrogen-bond donors (Lipinski definition) is 2. The summed E-state index contributed by atoms with van der Waals surface area (Å²) >= 11 is 0. The third kappa shape index (κ3) is 5.41. The number of hydrogen-bond acceptors (Lipinski definition) is 3. The number of rotatable bonds is 7. The number of nitrogens with zero attached hydrogens (tertiary/aromatic N) is 1. The van der Waals surface area contributed by atoms with E-state index in [0.29, 0.717) is 6.04 Å². The molecule has 0 bridgehead atoms. The Bertz CT molecular complexity index is 257. The van der Waals surface area contributed by atoms with E-state index in [-0.39, 0.29) is 12.1 Å². The van der Waals surface area contributed by atoms with Crippen molar-refractivity contribution in [3.63, 3.8) is 0 Å². The van der Waals surface area contributed by atoms with E-state index in [1.54, 1.807) is 0 Å². The van der Waals surface area contributed by atoms with Crippen LogP contribution in [0, 0.1) is 5.92 Å². The molecule has 1 rings (SSSR count). The van der Waals surface area contributed by atoms with Crippen LogP contribution in [0.1, 0.15) is 59.8 Å². The predicted molar refractivity (Wildman–Crippen MR) is 82.4 cm³/mol. The molecule has 0 spiro atoms. The van der Waals surface area contributed by atoms with Crippen molar-refractivity contribution in [1.29, 1.82) is 0 Å². The largest absolute Gasteiger partial charge is 0.394 e. The maximum Gasteiger partial charge on any atom is 0.0611 e. The summed E-state index contributed by atoms with van der Waals surface area (Å²) in [6, 6.07) is 1.15. The van der Waals surface area contributed by atoms with Crippen molar-refractivity contribution in [1.82, 2.24) is 10.2 Å². The topological polar surface area (TPSA) is 35.5 Å². The van der Waals surface area contributed by atoms with Gasteiger partial charge in [0.1, 0.15) is 0 Å². The van der Waals surface area contributed by atoms with Crippen LogP contribution in [0.5, 0.6) is 0 Å². The molecule has 1 aliphatic rings. The molecule has 0 aromatic carbocycles. The minimum absolute atomic E-state index is 0.152. The van der Waals surface area contributed by atoms with E-state index in [1.165, 1.54) is 25.7 Å². The van der Waals surface area contributed by atoms with Crippen LogP contribution in [0.4, 0.5) is 0 Å². The zero-order valence-electron chi connectivity index (χ0n) is 13.6. The molecule has 3 heteroatoms. The Kier molecular flexibility index (Phi) is 6.78. The Hall–Kier alpha value is -0.120. The van der Waals surface area contributed by atoms with Crippen molar-refractivity contribution in [3.8, 4) is 0 Å². The van der Waals surface area contributed by atoms with Crippen LogP contribution in [-0.4, -0.2) is 47.8 Å². The molecule has 0 saturated heterocycles. The Labute approximate surface area is 119 Å². The minimum Gasteiger partial charge on any atom is -0.394 e. The number of aliphatic hydroxyl groups is 1. The summed E-state index contributed by atoms with van der Waals surface area (Å²) in [5.41, 5.74) is -0.152. The van der Waals surface area contributed by atoms with Crippen molar-refractivity contribution in [3.05, 3.63) is 0 Å². The predicted octanol–water partition coefficient (Wildman–Crippen LogP) is 2.64. The molecule has 114 valence electrons. The molecule has 3 atom stereocenters. The smallest absolute Gasteiger partial charge is 0.0611 e. The van der Waals surface area contributed by atoms with Gasteiger partial charge in [-0.3, -0.25) is 0 Å². The highest BCUT2D eigenvalue weighted by Gasteiger charge is 2.28. The van der Waals surface area contributed by atoms with Crippen LogP contribution >= 0.6 is 0 Å². The highest BCUT2D eigenvalue weighted by atomic mass is 16.3. The van der Waals surface area contributed by atoms with Crippen LogP contribution in [0.15, 0.2) is 0 Å². The SMILES string of the molecule is CC(C)NC(C)(CO)CCN(C)C1CCCCC1C. The van der Waals surface area contributed by atoms with Gasteiger partial charge in [0.2, 0.25) is 0 Å². The summed E-state index contributed by atoms with van der Waals surface area (Å²) in [5, 5.41) is 13.1. The van der Waals surface area contributed by atoms with E-state index in [0.717, 1.165) is 24.9 Å². The molecule has 0 radical (unpaired) electrons. The molecule has 3 unspecified atom stereocenters. The first kappa shape index (κ1) is 16.9. The summed E-state index contributed by atoms with van der Waals surface area (Å²) in [4.78, 5) is 2.51. The fraction of sp³-hybridized carbons (Fsp3) is 1.00. The fourth-order valence-electron chi connectivity index (χ4n) is 3.43. The highest BCUT2D eigenvalue weighted by molar-refractivity contribution is 4.87. The maximum absolute atomic E-state index is 9.63. The van der Waals surface area contributed by atoms with Gasteiger partial charge in [-0.25, -0.2) is 0 Å². The molecule has 0 aliphatic heterocycles. The van der Waals surface area contributed by atoms with Crippen molar-refractivity contribution in [2.24, 2.45) is 5.92 Å². The van der Waals surface area contributed by atoms with Gasteiger partial charge in [0.05, 0.1) is 6.61 Å². The van der Waals surface area contributed by atoms with Gasteiger partial charge in [-0.15, -0.1) is 0 Å². The van der Waals surface area contributed by atoms with Crippen LogP contribution in [0.2, 0.25) is 0 Å². The van der Waals surface area contributed by atoms with Gasteiger partial charge in [0.25, 0.3) is 0 Å². The average Bonchev–Trinajstić information content (AvgIpc) is 2.36. The second-order valence-electron chi connectivity index (χ2n) is 7.08. The lowest BCUT2D eigenvalue weighted by Crippen LogP contribution is -2.51. The van der Waals surface area contributed by atoms with Gasteiger partial charge >= 0.3 is 0 Å². The van der Waals surface area contributed by atoms with Crippen LogP contribution < -0.4 is 5.32 Å². The van der Waals surface area contributed by atoms with Crippen LogP contribution in [-0.2, 0) is 0 Å². The van der Waals surface area contributed by atoms with Gasteiger partial charge in [0, 0.05) is 17.6 Å². The lowest BCUT2D eigenvalue weighted by atomic mass is 9.84. The molecule has 19 heavy (non-hydrogen) atoms. The molecule has 1 saturated carbocycles. The molecule has 1 aliphatic carbocycles. The molecular formula is C16H34N2O. The third-order valence-electron chi connectivity index (χ3n) is 4.63. The van der Waals surface area contributed by atoms with Crippen molar-refractivity contribution < 1.29 is 5.11 Å². The molecule has 0 heterocycles. The quantitative estimate of drug-likeness (QED) is 0.746. The molecule has 1 fully saturated rings. The molecule has 2 N–H and O–H groups in total. The summed E-state index contributed by atoms with van der Waals surface area (Å²) in [7, 11) is 2.25. The normalized spacial score (nSPS) is 27.8. The van der Waals surface area contributed by atoms with Gasteiger partial charge in [-0.2, -0.15) is 0 Å². The summed E-state index contributed by atoms with van der Waals surface area (Å²) in [5.74, 6) is 0.817. The average molecular weight is 270 g/mol. The van der Waals surface area contributed by atoms with Crippen molar-refractivity contribution >= 4 is 0 Å². The maximum atomic E-state index is 9.63. The van der Waals surface area contributed by atoms with Gasteiger partial charge in [-0.1, -0.05) is 33.6 Å². The van der Waals surface area contributed by atoms with E-state index < -0.39 is 0 Å². The van der Waals surface area contributed by atoms with Crippen LogP contribution in [0.3, 0.4) is 0 Å². The monoisotopic (exact) mass is 270 g/mol. The molecular weight excluding hydrogens is 236 g/mol. The number of aliphatic hydroxyl groups excluding tert-OH is 1. The minimum atomic E-state index is -0.152. The Balaban J connectivity index is 2.44. The molecule has 0 aromatic rings. The Morgan fingerprint density at radius 1 is 1.32 bits per heavy atom. The molecule has 0 aromatic heterocycles. The lowest BCUT2D eigenvalue weighted by Gasteiger charge is -2.39. The van der Waals surface area contributed by atoms with E-state index in [4.69, 9.17) is 0 Å². The summed E-state index contributed by atoms with van der Waals surface area (Å²) in [6.07, 6.45) is 6.48. The van der Waals surface area contributed by atoms with Gasteiger partial charge in [0.15, 0.2) is 0 Å². The molecule has 3 nitrogen and oxygen atoms in total. The first-order valence-corrected chi connectivity index (χ1v) is 7.97. The first-order chi connectivity index (χ1) is 8.88. The standard InChI is InChI=1S/C16H34N2O/c1-13(2)17-16(4,12-19)10-11-18(5)15-9-7-6-8-14(15)3/h13-15,17,19H,6-12H2,1-5H3. The second-order valence-corrected chi connectivity index (χ2v) is 7.08.